The van der Waals surface area contributed by atoms with Crippen molar-refractivity contribution in [3.8, 4) is 0 Å². The number of carbonyl (C=O) groups excluding carboxylic acids is 2. The van der Waals surface area contributed by atoms with Gasteiger partial charge in [-0.25, -0.2) is 4.39 Å². The second-order valence-electron chi connectivity index (χ2n) is 4.94. The average molecular weight is 407 g/mol. The molecule has 1 aromatic rings. The lowest BCUT2D eigenvalue weighted by molar-refractivity contribution is -0.114. The van der Waals surface area contributed by atoms with Crippen LogP contribution in [0.15, 0.2) is 16.6 Å². The van der Waals surface area contributed by atoms with E-state index in [1.807, 2.05) is 0 Å². The van der Waals surface area contributed by atoms with Gasteiger partial charge in [-0.05, 0) is 46.8 Å². The summed E-state index contributed by atoms with van der Waals surface area (Å²) in [6.07, 6.45) is 1.78. The molecule has 1 heterocycles. The Kier molecular flexibility index (Phi) is 4.96. The fraction of sp³-hybridized carbons (Fsp3) is 0.429. The van der Waals surface area contributed by atoms with Crippen LogP contribution in [0.1, 0.15) is 30.1 Å². The molecule has 0 aromatic heterocycles. The van der Waals surface area contributed by atoms with Crippen molar-refractivity contribution in [2.24, 2.45) is 5.92 Å². The molecule has 0 fully saturated rings. The molecule has 1 unspecified atom stereocenters. The maximum absolute atomic E-state index is 13.6. The number of fused-ring (bicyclic) bond motifs is 1. The molecule has 1 atom stereocenters. The lowest BCUT2D eigenvalue weighted by Gasteiger charge is -2.19. The van der Waals surface area contributed by atoms with E-state index in [9.17, 15) is 14.0 Å². The summed E-state index contributed by atoms with van der Waals surface area (Å²) in [7, 11) is 0. The number of ketones is 1. The summed E-state index contributed by atoms with van der Waals surface area (Å²) < 4.78 is 13.8. The van der Waals surface area contributed by atoms with Crippen molar-refractivity contribution in [1.82, 2.24) is 0 Å². The van der Waals surface area contributed by atoms with Crippen LogP contribution in [0.4, 0.5) is 10.1 Å². The molecule has 1 amide bonds. The Morgan fingerprint density at radius 2 is 2.00 bits per heavy atom. The number of alkyl halides is 1. The summed E-state index contributed by atoms with van der Waals surface area (Å²) in [5, 5.41) is 0.902. The fourth-order valence-corrected chi connectivity index (χ4v) is 3.32. The van der Waals surface area contributed by atoms with Gasteiger partial charge in [0.1, 0.15) is 5.82 Å². The summed E-state index contributed by atoms with van der Waals surface area (Å²) >= 11 is 6.42. The Labute approximate surface area is 133 Å². The van der Waals surface area contributed by atoms with Gasteiger partial charge >= 0.3 is 0 Å². The number of Topliss-reactive ketones (excluding diaryl/α,β-unsaturated/α-hetero) is 1. The maximum Gasteiger partial charge on any atom is 0.299 e. The van der Waals surface area contributed by atoms with E-state index in [0.717, 1.165) is 18.2 Å². The molecule has 0 aliphatic carbocycles. The van der Waals surface area contributed by atoms with E-state index >= 15 is 0 Å². The molecule has 0 radical (unpaired) electrons. The largest absolute Gasteiger partial charge is 0.305 e. The molecule has 3 nitrogen and oxygen atoms in total. The highest BCUT2D eigenvalue weighted by molar-refractivity contribution is 9.10. The van der Waals surface area contributed by atoms with Crippen LogP contribution in [0.2, 0.25) is 0 Å². The monoisotopic (exact) mass is 405 g/mol. The van der Waals surface area contributed by atoms with Crippen LogP contribution in [0.3, 0.4) is 0 Å². The van der Waals surface area contributed by atoms with Gasteiger partial charge in [0.25, 0.3) is 11.7 Å². The van der Waals surface area contributed by atoms with Crippen LogP contribution >= 0.6 is 31.9 Å². The molecule has 6 heteroatoms. The second kappa shape index (κ2) is 6.35. The van der Waals surface area contributed by atoms with Gasteiger partial charge in [0.05, 0.1) is 15.7 Å². The maximum atomic E-state index is 13.6. The molecule has 0 bridgehead atoms. The van der Waals surface area contributed by atoms with E-state index in [2.05, 4.69) is 38.8 Å². The first-order valence-corrected chi connectivity index (χ1v) is 8.28. The number of carbonyl (C=O) groups is 2. The number of halogens is 3. The van der Waals surface area contributed by atoms with Crippen LogP contribution in [-0.4, -0.2) is 23.6 Å². The van der Waals surface area contributed by atoms with Gasteiger partial charge in [-0.3, -0.25) is 9.59 Å². The highest BCUT2D eigenvalue weighted by Gasteiger charge is 2.36. The Balaban J connectivity index is 2.22. The predicted molar refractivity (Wildman–Crippen MR) is 83.0 cm³/mol. The molecular weight excluding hydrogens is 393 g/mol. The van der Waals surface area contributed by atoms with Gasteiger partial charge in [-0.15, -0.1) is 0 Å². The van der Waals surface area contributed by atoms with Crippen molar-refractivity contribution in [2.75, 3.05) is 16.8 Å². The zero-order valence-corrected chi connectivity index (χ0v) is 14.1. The van der Waals surface area contributed by atoms with Crippen molar-refractivity contribution >= 4 is 49.2 Å². The minimum absolute atomic E-state index is 0.201. The minimum Gasteiger partial charge on any atom is -0.305 e. The first-order chi connectivity index (χ1) is 9.45. The molecule has 0 saturated carbocycles. The number of hydrogen-bond acceptors (Lipinski definition) is 2. The van der Waals surface area contributed by atoms with Gasteiger partial charge < -0.3 is 4.90 Å². The Morgan fingerprint density at radius 1 is 1.30 bits per heavy atom. The predicted octanol–water partition coefficient (Wildman–Crippen LogP) is 3.93. The number of amides is 1. The third-order valence-electron chi connectivity index (χ3n) is 3.46. The lowest BCUT2D eigenvalue weighted by atomic mass is 10.1. The average Bonchev–Trinajstić information content (AvgIpc) is 2.62. The topological polar surface area (TPSA) is 37.4 Å². The van der Waals surface area contributed by atoms with Gasteiger partial charge in [-0.2, -0.15) is 0 Å². The standard InChI is InChI=1S/C14H14Br2FNO2/c1-8(2-4-15)3-5-18-12-7-11(17)10(16)6-9(12)13(19)14(18)20/h6-8H,2-5H2,1H3. The fourth-order valence-electron chi connectivity index (χ4n) is 2.19. The SMILES string of the molecule is CC(CCBr)CCN1C(=O)C(=O)c2cc(Br)c(F)cc21. The van der Waals surface area contributed by atoms with E-state index < -0.39 is 17.5 Å². The summed E-state index contributed by atoms with van der Waals surface area (Å²) in [4.78, 5) is 25.3. The van der Waals surface area contributed by atoms with E-state index in [0.29, 0.717) is 18.2 Å². The number of nitrogens with zero attached hydrogens (tertiary/aromatic N) is 1. The van der Waals surface area contributed by atoms with Gasteiger partial charge in [0.15, 0.2) is 0 Å². The molecule has 1 aromatic carbocycles. The highest BCUT2D eigenvalue weighted by Crippen LogP contribution is 2.33. The van der Waals surface area contributed by atoms with E-state index in [1.165, 1.54) is 17.0 Å². The first kappa shape index (κ1) is 15.6. The summed E-state index contributed by atoms with van der Waals surface area (Å²) in [5.41, 5.74) is 0.656. The molecule has 0 spiro atoms. The van der Waals surface area contributed by atoms with Crippen molar-refractivity contribution in [3.63, 3.8) is 0 Å². The Hall–Kier alpha value is -0.750. The number of anilines is 1. The molecular formula is C14H14Br2FNO2. The van der Waals surface area contributed by atoms with E-state index in [4.69, 9.17) is 0 Å². The number of rotatable bonds is 5. The third-order valence-corrected chi connectivity index (χ3v) is 4.53. The van der Waals surface area contributed by atoms with Crippen molar-refractivity contribution in [3.05, 3.63) is 28.0 Å². The molecule has 0 saturated heterocycles. The molecule has 0 N–H and O–H groups in total. The molecule has 20 heavy (non-hydrogen) atoms. The van der Waals surface area contributed by atoms with E-state index in [1.54, 1.807) is 0 Å². The summed E-state index contributed by atoms with van der Waals surface area (Å²) in [5.74, 6) is -1.16. The molecule has 1 aliphatic rings. The molecule has 2 rings (SSSR count). The van der Waals surface area contributed by atoms with Crippen LogP contribution in [0, 0.1) is 11.7 Å². The van der Waals surface area contributed by atoms with Crippen LogP contribution in [-0.2, 0) is 4.79 Å². The number of benzene rings is 1. The van der Waals surface area contributed by atoms with Crippen molar-refractivity contribution < 1.29 is 14.0 Å². The normalized spacial score (nSPS) is 15.7. The molecule has 108 valence electrons. The zero-order chi connectivity index (χ0) is 14.9. The lowest BCUT2D eigenvalue weighted by Crippen LogP contribution is -2.31. The van der Waals surface area contributed by atoms with Crippen molar-refractivity contribution in [2.45, 2.75) is 19.8 Å². The van der Waals surface area contributed by atoms with Gasteiger partial charge in [-0.1, -0.05) is 22.9 Å². The first-order valence-electron chi connectivity index (χ1n) is 6.37. The van der Waals surface area contributed by atoms with Gasteiger partial charge in [0.2, 0.25) is 0 Å². The smallest absolute Gasteiger partial charge is 0.299 e. The molecule has 1 aliphatic heterocycles. The van der Waals surface area contributed by atoms with Crippen LogP contribution in [0.25, 0.3) is 0 Å². The number of hydrogen-bond donors (Lipinski definition) is 0. The van der Waals surface area contributed by atoms with Crippen molar-refractivity contribution in [1.29, 1.82) is 0 Å². The van der Waals surface area contributed by atoms with Crippen LogP contribution < -0.4 is 4.90 Å². The second-order valence-corrected chi connectivity index (χ2v) is 6.59. The summed E-state index contributed by atoms with van der Waals surface area (Å²) in [6, 6.07) is 2.63. The van der Waals surface area contributed by atoms with Crippen LogP contribution in [0.5, 0.6) is 0 Å². The van der Waals surface area contributed by atoms with Gasteiger partial charge in [0, 0.05) is 11.9 Å². The summed E-state index contributed by atoms with van der Waals surface area (Å²) in [6.45, 7) is 2.53. The third kappa shape index (κ3) is 2.96. The highest BCUT2D eigenvalue weighted by atomic mass is 79.9. The minimum atomic E-state index is -0.566. The van der Waals surface area contributed by atoms with E-state index in [-0.39, 0.29) is 10.0 Å². The zero-order valence-electron chi connectivity index (χ0n) is 11.0. The Bertz CT molecular complexity index is 562. The quantitative estimate of drug-likeness (QED) is 0.548. The Morgan fingerprint density at radius 3 is 2.65 bits per heavy atom.